The van der Waals surface area contributed by atoms with Crippen molar-refractivity contribution in [1.82, 2.24) is 9.97 Å². The lowest BCUT2D eigenvalue weighted by molar-refractivity contribution is 0.0601. The van der Waals surface area contributed by atoms with Crippen molar-refractivity contribution in [2.75, 3.05) is 18.6 Å². The molecule has 2 heterocycles. The minimum absolute atomic E-state index is 0.294. The van der Waals surface area contributed by atoms with Gasteiger partial charge in [0, 0.05) is 18.8 Å². The van der Waals surface area contributed by atoms with Crippen molar-refractivity contribution in [3.05, 3.63) is 59.4 Å². The second-order valence-corrected chi connectivity index (χ2v) is 5.76. The van der Waals surface area contributed by atoms with Gasteiger partial charge in [0.05, 0.1) is 30.0 Å². The summed E-state index contributed by atoms with van der Waals surface area (Å²) in [5, 5.41) is 0. The van der Waals surface area contributed by atoms with Crippen LogP contribution >= 0.6 is 0 Å². The van der Waals surface area contributed by atoms with Crippen LogP contribution in [-0.2, 0) is 17.7 Å². The van der Waals surface area contributed by atoms with Crippen LogP contribution in [0.1, 0.15) is 21.5 Å². The number of aromatic nitrogens is 2. The number of ether oxygens (including phenoxy) is 1. The molecule has 1 aliphatic heterocycles. The van der Waals surface area contributed by atoms with Gasteiger partial charge in [0.2, 0.25) is 0 Å². The zero-order valence-corrected chi connectivity index (χ0v) is 12.9. The smallest absolute Gasteiger partial charge is 0.337 e. The zero-order chi connectivity index (χ0) is 15.8. The molecule has 2 aromatic carbocycles. The first-order chi connectivity index (χ1) is 11.2. The summed E-state index contributed by atoms with van der Waals surface area (Å²) in [6.45, 7) is 1.76. The normalized spacial score (nSPS) is 13.3. The average Bonchev–Trinajstić information content (AvgIpc) is 3.20. The lowest BCUT2D eigenvalue weighted by Crippen LogP contribution is -2.19. The number of imidazole rings is 1. The Morgan fingerprint density at radius 1 is 1.30 bits per heavy atom. The van der Waals surface area contributed by atoms with Crippen molar-refractivity contribution in [3.8, 4) is 0 Å². The van der Waals surface area contributed by atoms with Crippen LogP contribution in [-0.4, -0.2) is 29.6 Å². The summed E-state index contributed by atoms with van der Waals surface area (Å²) in [5.41, 5.74) is 6.23. The number of hydrogen-bond donors (Lipinski definition) is 1. The molecule has 0 aliphatic carbocycles. The molecule has 0 bridgehead atoms. The van der Waals surface area contributed by atoms with E-state index in [1.165, 1.54) is 18.2 Å². The van der Waals surface area contributed by atoms with Crippen LogP contribution in [0.5, 0.6) is 0 Å². The Hall–Kier alpha value is -2.82. The number of hydrogen-bond acceptors (Lipinski definition) is 4. The zero-order valence-electron chi connectivity index (χ0n) is 12.9. The lowest BCUT2D eigenvalue weighted by Gasteiger charge is -2.20. The summed E-state index contributed by atoms with van der Waals surface area (Å²) in [6.07, 6.45) is 2.71. The fraction of sp³-hybridized carbons (Fsp3) is 0.222. The number of aromatic amines is 1. The molecule has 3 aromatic rings. The van der Waals surface area contributed by atoms with Gasteiger partial charge in [-0.05, 0) is 41.8 Å². The summed E-state index contributed by atoms with van der Waals surface area (Å²) in [7, 11) is 1.41. The molecule has 0 spiro atoms. The van der Waals surface area contributed by atoms with Gasteiger partial charge in [0.15, 0.2) is 0 Å². The minimum Gasteiger partial charge on any atom is -0.465 e. The fourth-order valence-electron chi connectivity index (χ4n) is 3.15. The third-order valence-corrected chi connectivity index (χ3v) is 4.36. The second-order valence-electron chi connectivity index (χ2n) is 5.76. The van der Waals surface area contributed by atoms with Crippen molar-refractivity contribution in [3.63, 3.8) is 0 Å². The first-order valence-corrected chi connectivity index (χ1v) is 7.63. The Kier molecular flexibility index (Phi) is 3.26. The minimum atomic E-state index is -0.294. The number of esters is 1. The van der Waals surface area contributed by atoms with E-state index in [-0.39, 0.29) is 5.97 Å². The largest absolute Gasteiger partial charge is 0.465 e. The maximum atomic E-state index is 11.7. The Balaban J connectivity index is 1.63. The van der Waals surface area contributed by atoms with Gasteiger partial charge in [-0.25, -0.2) is 9.78 Å². The first kappa shape index (κ1) is 13.8. The third kappa shape index (κ3) is 2.44. The predicted molar refractivity (Wildman–Crippen MR) is 88.6 cm³/mol. The molecule has 4 rings (SSSR count). The molecule has 5 heteroatoms. The Morgan fingerprint density at radius 2 is 2.22 bits per heavy atom. The van der Waals surface area contributed by atoms with Gasteiger partial charge in [-0.1, -0.05) is 12.1 Å². The number of fused-ring (bicyclic) bond motifs is 2. The molecule has 23 heavy (non-hydrogen) atoms. The summed E-state index contributed by atoms with van der Waals surface area (Å²) >= 11 is 0. The van der Waals surface area contributed by atoms with Gasteiger partial charge < -0.3 is 14.6 Å². The quantitative estimate of drug-likeness (QED) is 0.756. The van der Waals surface area contributed by atoms with E-state index in [2.05, 4.69) is 33.1 Å². The summed E-state index contributed by atoms with van der Waals surface area (Å²) in [4.78, 5) is 21.5. The Bertz CT molecular complexity index is 885. The van der Waals surface area contributed by atoms with E-state index in [1.54, 1.807) is 6.33 Å². The molecule has 5 nitrogen and oxygen atoms in total. The van der Waals surface area contributed by atoms with Crippen molar-refractivity contribution >= 4 is 22.7 Å². The molecule has 0 saturated carbocycles. The summed E-state index contributed by atoms with van der Waals surface area (Å²) in [6, 6.07) is 12.1. The number of nitrogens with zero attached hydrogens (tertiary/aromatic N) is 2. The number of H-pyrrole nitrogens is 1. The van der Waals surface area contributed by atoms with E-state index in [1.807, 2.05) is 18.2 Å². The number of nitrogens with one attached hydrogen (secondary N) is 1. The van der Waals surface area contributed by atoms with E-state index in [4.69, 9.17) is 4.74 Å². The number of benzene rings is 2. The third-order valence-electron chi connectivity index (χ3n) is 4.36. The molecule has 1 aliphatic rings. The van der Waals surface area contributed by atoms with Crippen LogP contribution in [0.4, 0.5) is 5.69 Å². The van der Waals surface area contributed by atoms with Gasteiger partial charge in [-0.3, -0.25) is 0 Å². The maximum absolute atomic E-state index is 11.7. The van der Waals surface area contributed by atoms with Crippen LogP contribution in [0, 0.1) is 0 Å². The van der Waals surface area contributed by atoms with Gasteiger partial charge in [-0.15, -0.1) is 0 Å². The maximum Gasteiger partial charge on any atom is 0.337 e. The highest BCUT2D eigenvalue weighted by Crippen LogP contribution is 2.31. The molecule has 0 atom stereocenters. The lowest BCUT2D eigenvalue weighted by atomic mass is 10.1. The van der Waals surface area contributed by atoms with E-state index < -0.39 is 0 Å². The average molecular weight is 307 g/mol. The fourth-order valence-corrected chi connectivity index (χ4v) is 3.15. The van der Waals surface area contributed by atoms with E-state index in [9.17, 15) is 4.79 Å². The van der Waals surface area contributed by atoms with E-state index in [0.717, 1.165) is 36.2 Å². The monoisotopic (exact) mass is 307 g/mol. The highest BCUT2D eigenvalue weighted by molar-refractivity contribution is 5.91. The number of carbonyl (C=O) groups excluding carboxylic acids is 1. The van der Waals surface area contributed by atoms with Crippen molar-refractivity contribution in [1.29, 1.82) is 0 Å². The van der Waals surface area contributed by atoms with Crippen molar-refractivity contribution < 1.29 is 9.53 Å². The summed E-state index contributed by atoms with van der Waals surface area (Å²) in [5.74, 6) is -0.294. The van der Waals surface area contributed by atoms with E-state index in [0.29, 0.717) is 5.56 Å². The van der Waals surface area contributed by atoms with Gasteiger partial charge in [0.25, 0.3) is 0 Å². The van der Waals surface area contributed by atoms with Gasteiger partial charge in [-0.2, -0.15) is 0 Å². The molecule has 1 N–H and O–H groups in total. The molecular formula is C18H17N3O2. The van der Waals surface area contributed by atoms with Crippen LogP contribution in [0.2, 0.25) is 0 Å². The Morgan fingerprint density at radius 3 is 3.09 bits per heavy atom. The standard InChI is InChI=1S/C18H17N3O2/c1-23-18(22)14-4-3-13-6-7-21(17(13)9-14)10-12-2-5-15-16(8-12)20-11-19-15/h2-5,8-9,11H,6-7,10H2,1H3,(H,19,20). The number of anilines is 1. The summed E-state index contributed by atoms with van der Waals surface area (Å²) < 4.78 is 4.82. The van der Waals surface area contributed by atoms with Crippen LogP contribution in [0.3, 0.4) is 0 Å². The molecule has 0 fully saturated rings. The molecular weight excluding hydrogens is 290 g/mol. The second kappa shape index (κ2) is 5.43. The first-order valence-electron chi connectivity index (χ1n) is 7.63. The molecule has 116 valence electrons. The highest BCUT2D eigenvalue weighted by Gasteiger charge is 2.21. The van der Waals surface area contributed by atoms with E-state index >= 15 is 0 Å². The highest BCUT2D eigenvalue weighted by atomic mass is 16.5. The topological polar surface area (TPSA) is 58.2 Å². The van der Waals surface area contributed by atoms with Gasteiger partial charge >= 0.3 is 5.97 Å². The predicted octanol–water partition coefficient (Wildman–Crippen LogP) is 2.91. The Labute approximate surface area is 133 Å². The van der Waals surface area contributed by atoms with Crippen molar-refractivity contribution in [2.45, 2.75) is 13.0 Å². The number of rotatable bonds is 3. The van der Waals surface area contributed by atoms with Gasteiger partial charge in [0.1, 0.15) is 0 Å². The number of methoxy groups -OCH3 is 1. The van der Waals surface area contributed by atoms with Crippen LogP contribution in [0.15, 0.2) is 42.7 Å². The molecule has 0 saturated heterocycles. The molecule has 0 amide bonds. The molecule has 0 unspecified atom stereocenters. The number of carbonyl (C=O) groups is 1. The van der Waals surface area contributed by atoms with Crippen LogP contribution < -0.4 is 4.90 Å². The van der Waals surface area contributed by atoms with Crippen molar-refractivity contribution in [2.24, 2.45) is 0 Å². The van der Waals surface area contributed by atoms with Crippen LogP contribution in [0.25, 0.3) is 11.0 Å². The SMILES string of the molecule is COC(=O)c1ccc2c(c1)N(Cc1ccc3[nH]cnc3c1)CC2. The molecule has 0 radical (unpaired) electrons. The molecule has 1 aromatic heterocycles.